The number of carbonyl (C=O) groups excluding carboxylic acids is 3. The third kappa shape index (κ3) is 8.20. The van der Waals surface area contributed by atoms with Gasteiger partial charge in [-0.2, -0.15) is 5.26 Å². The molecule has 0 saturated heterocycles. The summed E-state index contributed by atoms with van der Waals surface area (Å²) >= 11 is 15.2. The molecule has 0 bridgehead atoms. The number of nitriles is 1. The summed E-state index contributed by atoms with van der Waals surface area (Å²) < 4.78 is 0. The molecule has 11 heteroatoms. The van der Waals surface area contributed by atoms with Crippen LogP contribution in [0.5, 0.6) is 0 Å². The molecule has 1 heterocycles. The van der Waals surface area contributed by atoms with E-state index in [-0.39, 0.29) is 11.6 Å². The number of benzene rings is 3. The number of amides is 3. The van der Waals surface area contributed by atoms with Gasteiger partial charge in [-0.3, -0.25) is 14.4 Å². The van der Waals surface area contributed by atoms with Gasteiger partial charge in [0, 0.05) is 31.1 Å². The van der Waals surface area contributed by atoms with Gasteiger partial charge in [0.15, 0.2) is 0 Å². The fraction of sp³-hybridized carbons (Fsp3) is 0.200. The Balaban J connectivity index is 1.30. The molecule has 0 saturated carbocycles. The van der Waals surface area contributed by atoms with E-state index < -0.39 is 17.1 Å². The highest BCUT2D eigenvalue weighted by molar-refractivity contribution is 8.00. The van der Waals surface area contributed by atoms with E-state index in [4.69, 9.17) is 23.2 Å². The van der Waals surface area contributed by atoms with Gasteiger partial charge < -0.3 is 16.0 Å². The zero-order valence-corrected chi connectivity index (χ0v) is 28.2. The number of hydrogen-bond donors (Lipinski definition) is 3. The Kier molecular flexibility index (Phi) is 10.9. The highest BCUT2D eigenvalue weighted by atomic mass is 35.5. The Morgan fingerprint density at radius 2 is 1.83 bits per heavy atom. The normalized spacial score (nSPS) is 14.8. The van der Waals surface area contributed by atoms with E-state index in [1.807, 2.05) is 6.07 Å². The third-order valence-corrected chi connectivity index (χ3v) is 10.3. The van der Waals surface area contributed by atoms with E-state index in [9.17, 15) is 19.6 Å². The second-order valence-electron chi connectivity index (χ2n) is 10.9. The summed E-state index contributed by atoms with van der Waals surface area (Å²) in [6.07, 6.45) is 4.30. The number of fused-ring (bicyclic) bond motifs is 1. The minimum atomic E-state index is -0.566. The van der Waals surface area contributed by atoms with Crippen molar-refractivity contribution < 1.29 is 14.4 Å². The quantitative estimate of drug-likeness (QED) is 0.120. The topological polar surface area (TPSA) is 111 Å². The Morgan fingerprint density at radius 3 is 2.57 bits per heavy atom. The standard InChI is InChI=1S/C35H30Cl2N4O3S2/c1-20-11-14-27-28(19-38)35(46-31(27)15-20)41-32(42)21(2)45-26-10-6-9-25(18-26)39-34(44)30(16-23-12-13-24(36)17-29(23)37)40-33(43)22-7-4-3-5-8-22/h3-10,12-13,16-18,20-21H,11,14-15H2,1-2H3,(H,39,44)(H,40,43)(H,41,42)/b30-16+. The van der Waals surface area contributed by atoms with Gasteiger partial charge in [0.1, 0.15) is 16.8 Å². The maximum atomic E-state index is 13.5. The van der Waals surface area contributed by atoms with E-state index in [0.717, 1.165) is 29.7 Å². The number of rotatable bonds is 9. The molecule has 1 aliphatic carbocycles. The Bertz CT molecular complexity index is 1870. The summed E-state index contributed by atoms with van der Waals surface area (Å²) in [5.74, 6) is -0.679. The van der Waals surface area contributed by atoms with Crippen molar-refractivity contribution in [1.29, 1.82) is 5.26 Å². The summed E-state index contributed by atoms with van der Waals surface area (Å²) in [5, 5.41) is 19.2. The summed E-state index contributed by atoms with van der Waals surface area (Å²) in [7, 11) is 0. The number of carbonyl (C=O) groups is 3. The molecule has 1 aromatic heterocycles. The number of thiophene rings is 1. The first-order valence-corrected chi connectivity index (χ1v) is 17.0. The number of anilines is 2. The highest BCUT2D eigenvalue weighted by Gasteiger charge is 2.26. The van der Waals surface area contributed by atoms with Crippen molar-refractivity contribution in [2.75, 3.05) is 10.6 Å². The van der Waals surface area contributed by atoms with Crippen LogP contribution in [0.3, 0.4) is 0 Å². The van der Waals surface area contributed by atoms with Gasteiger partial charge in [0.2, 0.25) is 5.91 Å². The van der Waals surface area contributed by atoms with Crippen LogP contribution in [0.25, 0.3) is 6.08 Å². The maximum absolute atomic E-state index is 13.5. The zero-order chi connectivity index (χ0) is 32.8. The van der Waals surface area contributed by atoms with Gasteiger partial charge in [-0.1, -0.05) is 60.5 Å². The van der Waals surface area contributed by atoms with Crippen LogP contribution in [-0.4, -0.2) is 23.0 Å². The molecular formula is C35H30Cl2N4O3S2. The largest absolute Gasteiger partial charge is 0.321 e. The van der Waals surface area contributed by atoms with Crippen molar-refractivity contribution >= 4 is 80.8 Å². The van der Waals surface area contributed by atoms with Gasteiger partial charge in [-0.25, -0.2) is 0 Å². The zero-order valence-electron chi connectivity index (χ0n) is 25.0. The van der Waals surface area contributed by atoms with Crippen LogP contribution in [0.1, 0.15) is 52.2 Å². The van der Waals surface area contributed by atoms with E-state index >= 15 is 0 Å². The lowest BCUT2D eigenvalue weighted by Gasteiger charge is -2.17. The average Bonchev–Trinajstić information content (AvgIpc) is 3.38. The monoisotopic (exact) mass is 688 g/mol. The van der Waals surface area contributed by atoms with Gasteiger partial charge in [-0.15, -0.1) is 23.1 Å². The summed E-state index contributed by atoms with van der Waals surface area (Å²) in [5.41, 5.74) is 2.96. The molecule has 234 valence electrons. The minimum Gasteiger partial charge on any atom is -0.321 e. The van der Waals surface area contributed by atoms with Gasteiger partial charge in [0.05, 0.1) is 10.8 Å². The van der Waals surface area contributed by atoms with Crippen LogP contribution in [-0.2, 0) is 22.4 Å². The minimum absolute atomic E-state index is 0.0230. The van der Waals surface area contributed by atoms with Crippen molar-refractivity contribution in [1.82, 2.24) is 5.32 Å². The lowest BCUT2D eigenvalue weighted by molar-refractivity contribution is -0.115. The summed E-state index contributed by atoms with van der Waals surface area (Å²) in [6.45, 7) is 4.00. The molecule has 0 fully saturated rings. The van der Waals surface area contributed by atoms with E-state index in [1.54, 1.807) is 73.7 Å². The van der Waals surface area contributed by atoms with Crippen molar-refractivity contribution in [3.63, 3.8) is 0 Å². The Hall–Kier alpha value is -4.07. The molecule has 3 N–H and O–H groups in total. The Labute approximate surface area is 286 Å². The first-order chi connectivity index (χ1) is 22.1. The Morgan fingerprint density at radius 1 is 1.04 bits per heavy atom. The van der Waals surface area contributed by atoms with Crippen molar-refractivity contribution in [3.05, 3.63) is 116 Å². The summed E-state index contributed by atoms with van der Waals surface area (Å²) in [6, 6.07) is 22.8. The van der Waals surface area contributed by atoms with Crippen LogP contribution in [0.4, 0.5) is 10.7 Å². The predicted octanol–water partition coefficient (Wildman–Crippen LogP) is 8.58. The molecule has 2 unspecified atom stereocenters. The molecule has 2 atom stereocenters. The van der Waals surface area contributed by atoms with Gasteiger partial charge in [-0.05, 0) is 91.8 Å². The number of hydrogen-bond acceptors (Lipinski definition) is 6. The first kappa shape index (κ1) is 33.3. The van der Waals surface area contributed by atoms with Gasteiger partial charge >= 0.3 is 0 Å². The molecule has 3 amide bonds. The number of halogens is 2. The molecule has 0 radical (unpaired) electrons. The highest BCUT2D eigenvalue weighted by Crippen LogP contribution is 2.39. The molecule has 3 aromatic carbocycles. The van der Waals surface area contributed by atoms with Crippen LogP contribution in [0.2, 0.25) is 10.0 Å². The van der Waals surface area contributed by atoms with Crippen LogP contribution in [0, 0.1) is 17.2 Å². The van der Waals surface area contributed by atoms with Crippen molar-refractivity contribution in [2.24, 2.45) is 5.92 Å². The number of nitrogens with one attached hydrogen (secondary N) is 3. The number of thioether (sulfide) groups is 1. The van der Waals surface area contributed by atoms with E-state index in [2.05, 4.69) is 28.9 Å². The fourth-order valence-corrected chi connectivity index (χ4v) is 7.74. The van der Waals surface area contributed by atoms with Crippen molar-refractivity contribution in [2.45, 2.75) is 43.3 Å². The molecule has 4 aromatic rings. The number of nitrogens with zero attached hydrogens (tertiary/aromatic N) is 1. The first-order valence-electron chi connectivity index (χ1n) is 14.6. The molecule has 46 heavy (non-hydrogen) atoms. The predicted molar refractivity (Wildman–Crippen MR) is 188 cm³/mol. The fourth-order valence-electron chi connectivity index (χ4n) is 4.99. The van der Waals surface area contributed by atoms with Crippen LogP contribution >= 0.6 is 46.3 Å². The lowest BCUT2D eigenvalue weighted by atomic mass is 9.89. The summed E-state index contributed by atoms with van der Waals surface area (Å²) in [4.78, 5) is 41.6. The van der Waals surface area contributed by atoms with E-state index in [1.165, 1.54) is 34.1 Å². The molecule has 7 nitrogen and oxygen atoms in total. The molecular weight excluding hydrogens is 659 g/mol. The molecule has 0 spiro atoms. The van der Waals surface area contributed by atoms with Crippen LogP contribution in [0.15, 0.2) is 83.4 Å². The lowest BCUT2D eigenvalue weighted by Crippen LogP contribution is -2.30. The smallest absolute Gasteiger partial charge is 0.272 e. The molecule has 1 aliphatic rings. The second-order valence-corrected chi connectivity index (χ2v) is 14.3. The molecule has 0 aliphatic heterocycles. The second kappa shape index (κ2) is 15.0. The SMILES string of the molecule is CC1CCc2c(sc(NC(=O)C(C)Sc3cccc(NC(=O)/C(=C\c4ccc(Cl)cc4Cl)NC(=O)c4ccccc4)c3)c2C#N)C1. The average molecular weight is 690 g/mol. The molecule has 5 rings (SSSR count). The maximum Gasteiger partial charge on any atom is 0.272 e. The van der Waals surface area contributed by atoms with Crippen molar-refractivity contribution in [3.8, 4) is 6.07 Å². The van der Waals surface area contributed by atoms with E-state index in [0.29, 0.717) is 43.3 Å². The third-order valence-electron chi connectivity index (χ3n) is 7.43. The van der Waals surface area contributed by atoms with Gasteiger partial charge in [0.25, 0.3) is 11.8 Å². The van der Waals surface area contributed by atoms with Crippen LogP contribution < -0.4 is 16.0 Å².